The van der Waals surface area contributed by atoms with Crippen LogP contribution in [0.3, 0.4) is 0 Å². The molecule has 6 nitrogen and oxygen atoms in total. The molecule has 1 fully saturated rings. The molecule has 156 valence electrons. The van der Waals surface area contributed by atoms with E-state index in [4.69, 9.17) is 0 Å². The van der Waals surface area contributed by atoms with Crippen molar-refractivity contribution in [2.24, 2.45) is 0 Å². The van der Waals surface area contributed by atoms with Crippen LogP contribution in [-0.4, -0.2) is 51.6 Å². The van der Waals surface area contributed by atoms with Crippen molar-refractivity contribution in [3.8, 4) is 0 Å². The number of hydrogen-bond donors (Lipinski definition) is 1. The molecule has 2 aliphatic rings. The van der Waals surface area contributed by atoms with Gasteiger partial charge in [-0.3, -0.25) is 4.90 Å². The van der Waals surface area contributed by atoms with Crippen LogP contribution in [0.4, 0.5) is 25.8 Å². The highest BCUT2D eigenvalue weighted by molar-refractivity contribution is 7.95. The van der Waals surface area contributed by atoms with E-state index in [1.165, 1.54) is 34.6 Å². The van der Waals surface area contributed by atoms with Crippen molar-refractivity contribution in [3.63, 3.8) is 0 Å². The monoisotopic (exact) mass is 422 g/mol. The number of nitrogens with one attached hydrogen (secondary N) is 1. The Morgan fingerprint density at radius 2 is 1.55 bits per heavy atom. The van der Waals surface area contributed by atoms with Crippen LogP contribution < -0.4 is 13.9 Å². The highest BCUT2D eigenvalue weighted by atomic mass is 32.2. The third kappa shape index (κ3) is 3.58. The molecule has 1 N–H and O–H groups in total. The molecule has 2 aromatic rings. The SMILES string of the molecule is CC1CN(CCN2c3cccc(F)c3N(c3ccccc3F)S2(=O)=O)CC(C)N1. The van der Waals surface area contributed by atoms with Gasteiger partial charge < -0.3 is 5.32 Å². The van der Waals surface area contributed by atoms with Crippen LogP contribution in [0.2, 0.25) is 0 Å². The lowest BCUT2D eigenvalue weighted by Crippen LogP contribution is -2.55. The van der Waals surface area contributed by atoms with Crippen molar-refractivity contribution in [1.29, 1.82) is 0 Å². The van der Waals surface area contributed by atoms with Gasteiger partial charge in [-0.1, -0.05) is 18.2 Å². The number of anilines is 3. The second-order valence-corrected chi connectivity index (χ2v) is 9.33. The normalized spacial score (nSPS) is 24.0. The molecule has 29 heavy (non-hydrogen) atoms. The summed E-state index contributed by atoms with van der Waals surface area (Å²) in [5.74, 6) is -1.43. The first-order chi connectivity index (χ1) is 13.8. The van der Waals surface area contributed by atoms with Crippen LogP contribution >= 0.6 is 0 Å². The maximum Gasteiger partial charge on any atom is 0.331 e. The third-order valence-electron chi connectivity index (χ3n) is 5.27. The fraction of sp³-hybridized carbons (Fsp3) is 0.400. The first-order valence-corrected chi connectivity index (χ1v) is 11.0. The van der Waals surface area contributed by atoms with Crippen molar-refractivity contribution in [2.75, 3.05) is 34.8 Å². The van der Waals surface area contributed by atoms with Crippen molar-refractivity contribution in [1.82, 2.24) is 10.2 Å². The molecular weight excluding hydrogens is 398 g/mol. The van der Waals surface area contributed by atoms with E-state index in [0.29, 0.717) is 18.6 Å². The molecule has 4 rings (SSSR count). The molecule has 9 heteroatoms. The fourth-order valence-corrected chi connectivity index (χ4v) is 5.91. The van der Waals surface area contributed by atoms with Crippen molar-refractivity contribution in [2.45, 2.75) is 25.9 Å². The number of rotatable bonds is 4. The van der Waals surface area contributed by atoms with Crippen LogP contribution in [0.25, 0.3) is 0 Å². The number of para-hydroxylation sites is 2. The molecule has 1 saturated heterocycles. The summed E-state index contributed by atoms with van der Waals surface area (Å²) in [7, 11) is -4.17. The van der Waals surface area contributed by atoms with E-state index < -0.39 is 21.8 Å². The first kappa shape index (κ1) is 20.1. The van der Waals surface area contributed by atoms with Crippen molar-refractivity contribution >= 4 is 27.3 Å². The lowest BCUT2D eigenvalue weighted by atomic mass is 10.1. The van der Waals surface area contributed by atoms with E-state index in [1.807, 2.05) is 0 Å². The van der Waals surface area contributed by atoms with Crippen molar-refractivity contribution in [3.05, 3.63) is 54.1 Å². The summed E-state index contributed by atoms with van der Waals surface area (Å²) in [6.45, 7) is 6.41. The van der Waals surface area contributed by atoms with Gasteiger partial charge in [0.1, 0.15) is 17.3 Å². The Balaban J connectivity index is 1.69. The van der Waals surface area contributed by atoms with Gasteiger partial charge in [0.2, 0.25) is 0 Å². The molecule has 0 radical (unpaired) electrons. The van der Waals surface area contributed by atoms with Crippen LogP contribution in [0.1, 0.15) is 13.8 Å². The van der Waals surface area contributed by atoms with E-state index >= 15 is 0 Å². The predicted octanol–water partition coefficient (Wildman–Crippen LogP) is 2.85. The Morgan fingerprint density at radius 3 is 2.24 bits per heavy atom. The van der Waals surface area contributed by atoms with Gasteiger partial charge >= 0.3 is 10.2 Å². The Hall–Kier alpha value is -2.23. The maximum absolute atomic E-state index is 14.7. The van der Waals surface area contributed by atoms with Crippen molar-refractivity contribution < 1.29 is 17.2 Å². The van der Waals surface area contributed by atoms with Crippen LogP contribution in [0.15, 0.2) is 42.5 Å². The lowest BCUT2D eigenvalue weighted by Gasteiger charge is -2.36. The number of nitrogens with zero attached hydrogens (tertiary/aromatic N) is 3. The summed E-state index contributed by atoms with van der Waals surface area (Å²) in [5.41, 5.74) is -0.102. The minimum absolute atomic E-state index is 0.139. The number of fused-ring (bicyclic) bond motifs is 1. The van der Waals surface area contributed by atoms with Crippen LogP contribution in [0.5, 0.6) is 0 Å². The molecule has 0 saturated carbocycles. The van der Waals surface area contributed by atoms with E-state index in [-0.39, 0.29) is 23.6 Å². The number of hydrogen-bond acceptors (Lipinski definition) is 4. The van der Waals surface area contributed by atoms with E-state index in [2.05, 4.69) is 24.1 Å². The van der Waals surface area contributed by atoms with E-state index in [0.717, 1.165) is 23.5 Å². The zero-order valence-corrected chi connectivity index (χ0v) is 17.2. The summed E-state index contributed by atoms with van der Waals surface area (Å²) in [6, 6.07) is 10.3. The molecule has 2 aromatic carbocycles. The standard InChI is InChI=1S/C20H24F2N4O2S/c1-14-12-24(13-15(2)23-14)10-11-25-19-9-5-7-17(22)20(19)26(29(25,27)28)18-8-4-3-6-16(18)21/h3-9,14-15,23H,10-13H2,1-2H3. The average molecular weight is 423 g/mol. The molecule has 0 bridgehead atoms. The largest absolute Gasteiger partial charge is 0.331 e. The molecule has 0 spiro atoms. The zero-order chi connectivity index (χ0) is 20.8. The summed E-state index contributed by atoms with van der Waals surface area (Å²) in [6.07, 6.45) is 0. The minimum atomic E-state index is -4.17. The van der Waals surface area contributed by atoms with Gasteiger partial charge in [-0.05, 0) is 38.1 Å². The molecule has 0 aromatic heterocycles. The lowest BCUT2D eigenvalue weighted by molar-refractivity contribution is 0.178. The molecule has 2 unspecified atom stereocenters. The number of piperazine rings is 1. The van der Waals surface area contributed by atoms with Gasteiger partial charge in [0.15, 0.2) is 0 Å². The van der Waals surface area contributed by atoms with Gasteiger partial charge in [-0.15, -0.1) is 0 Å². The zero-order valence-electron chi connectivity index (χ0n) is 16.3. The molecule has 2 aliphatic heterocycles. The van der Waals surface area contributed by atoms with Crippen LogP contribution in [-0.2, 0) is 10.2 Å². The van der Waals surface area contributed by atoms with E-state index in [9.17, 15) is 17.2 Å². The Labute approximate surface area is 169 Å². The predicted molar refractivity (Wildman–Crippen MR) is 110 cm³/mol. The fourth-order valence-electron chi connectivity index (χ4n) is 4.20. The Morgan fingerprint density at radius 1 is 0.931 bits per heavy atom. The highest BCUT2D eigenvalue weighted by Crippen LogP contribution is 2.47. The van der Waals surface area contributed by atoms with E-state index in [1.54, 1.807) is 6.07 Å². The summed E-state index contributed by atoms with van der Waals surface area (Å²) >= 11 is 0. The summed E-state index contributed by atoms with van der Waals surface area (Å²) < 4.78 is 57.8. The quantitative estimate of drug-likeness (QED) is 0.823. The summed E-state index contributed by atoms with van der Waals surface area (Å²) in [5, 5.41) is 3.44. The minimum Gasteiger partial charge on any atom is -0.309 e. The molecule has 0 amide bonds. The molecule has 0 aliphatic carbocycles. The number of halogens is 2. The second-order valence-electron chi connectivity index (χ2n) is 7.63. The number of benzene rings is 2. The average Bonchev–Trinajstić information content (AvgIpc) is 2.87. The summed E-state index contributed by atoms with van der Waals surface area (Å²) in [4.78, 5) is 2.19. The first-order valence-electron chi connectivity index (χ1n) is 9.63. The Kier molecular flexibility index (Phi) is 5.22. The van der Waals surface area contributed by atoms with Gasteiger partial charge in [0.05, 0.1) is 11.4 Å². The Bertz CT molecular complexity index is 1010. The van der Waals surface area contributed by atoms with Gasteiger partial charge in [0, 0.05) is 38.3 Å². The van der Waals surface area contributed by atoms with Crippen LogP contribution in [0, 0.1) is 11.6 Å². The van der Waals surface area contributed by atoms with Gasteiger partial charge in [-0.2, -0.15) is 8.42 Å². The maximum atomic E-state index is 14.7. The smallest absolute Gasteiger partial charge is 0.309 e. The molecular formula is C20H24F2N4O2S. The van der Waals surface area contributed by atoms with Gasteiger partial charge in [0.25, 0.3) is 0 Å². The van der Waals surface area contributed by atoms with Gasteiger partial charge in [-0.25, -0.2) is 17.4 Å². The topological polar surface area (TPSA) is 55.9 Å². The molecule has 2 atom stereocenters. The molecule has 2 heterocycles. The highest BCUT2D eigenvalue weighted by Gasteiger charge is 2.44. The third-order valence-corrected chi connectivity index (χ3v) is 7.05. The second kappa shape index (κ2) is 7.55.